The van der Waals surface area contributed by atoms with Crippen LogP contribution in [0.5, 0.6) is 0 Å². The van der Waals surface area contributed by atoms with Crippen LogP contribution in [0.25, 0.3) is 0 Å². The lowest BCUT2D eigenvalue weighted by atomic mass is 9.99. The first-order valence-corrected chi connectivity index (χ1v) is 11.1. The highest BCUT2D eigenvalue weighted by Gasteiger charge is 2.34. The van der Waals surface area contributed by atoms with Crippen molar-refractivity contribution in [2.75, 3.05) is 39.4 Å². The van der Waals surface area contributed by atoms with Crippen LogP contribution in [0.1, 0.15) is 25.7 Å². The van der Waals surface area contributed by atoms with Crippen molar-refractivity contribution in [2.45, 2.75) is 42.7 Å². The lowest BCUT2D eigenvalue weighted by molar-refractivity contribution is 0.00838. The van der Waals surface area contributed by atoms with Crippen LogP contribution in [-0.2, 0) is 14.8 Å². The summed E-state index contributed by atoms with van der Waals surface area (Å²) in [7, 11) is -3.49. The zero-order chi connectivity index (χ0) is 18.6. The van der Waals surface area contributed by atoms with Crippen LogP contribution in [0.3, 0.4) is 0 Å². The van der Waals surface area contributed by atoms with Crippen molar-refractivity contribution in [3.05, 3.63) is 29.3 Å². The normalized spacial score (nSPS) is 20.6. The van der Waals surface area contributed by atoms with Crippen LogP contribution in [0, 0.1) is 0 Å². The summed E-state index contributed by atoms with van der Waals surface area (Å²) in [6, 6.07) is 7.37. The Morgan fingerprint density at radius 3 is 2.37 bits per heavy atom. The molecule has 0 aromatic heterocycles. The Kier molecular flexibility index (Phi) is 8.80. The zero-order valence-electron chi connectivity index (χ0n) is 15.4. The van der Waals surface area contributed by atoms with E-state index in [4.69, 9.17) is 22.1 Å². The second-order valence-corrected chi connectivity index (χ2v) is 9.34. The number of sulfonamides is 1. The predicted molar refractivity (Wildman–Crippen MR) is 110 cm³/mol. The van der Waals surface area contributed by atoms with Gasteiger partial charge in [-0.25, -0.2) is 8.42 Å². The smallest absolute Gasteiger partial charge is 0.243 e. The predicted octanol–water partition coefficient (Wildman–Crippen LogP) is 2.35. The third-order valence-corrected chi connectivity index (χ3v) is 7.50. The summed E-state index contributed by atoms with van der Waals surface area (Å²) >= 11 is 5.96. The van der Waals surface area contributed by atoms with Crippen molar-refractivity contribution in [3.8, 4) is 0 Å². The molecule has 0 saturated carbocycles. The van der Waals surface area contributed by atoms with Crippen molar-refractivity contribution in [1.29, 1.82) is 0 Å². The van der Waals surface area contributed by atoms with E-state index in [0.717, 1.165) is 45.4 Å². The molecule has 1 aromatic rings. The summed E-state index contributed by atoms with van der Waals surface area (Å²) in [6.07, 6.45) is 3.72. The molecule has 6 nitrogen and oxygen atoms in total. The highest BCUT2D eigenvalue weighted by molar-refractivity contribution is 7.89. The maximum Gasteiger partial charge on any atom is 0.243 e. The van der Waals surface area contributed by atoms with E-state index in [0.29, 0.717) is 36.7 Å². The van der Waals surface area contributed by atoms with Crippen LogP contribution >= 0.6 is 24.0 Å². The molecule has 0 atom stereocenters. The molecule has 2 saturated heterocycles. The van der Waals surface area contributed by atoms with E-state index in [1.807, 2.05) is 0 Å². The van der Waals surface area contributed by atoms with E-state index in [9.17, 15) is 8.42 Å². The van der Waals surface area contributed by atoms with Gasteiger partial charge in [0, 0.05) is 56.5 Å². The summed E-state index contributed by atoms with van der Waals surface area (Å²) in [5, 5.41) is 0.439. The van der Waals surface area contributed by atoms with Gasteiger partial charge in [-0.15, -0.1) is 12.4 Å². The Morgan fingerprint density at radius 1 is 1.15 bits per heavy atom. The molecule has 2 heterocycles. The lowest BCUT2D eigenvalue weighted by Gasteiger charge is -2.43. The van der Waals surface area contributed by atoms with Crippen LogP contribution in [0.4, 0.5) is 0 Å². The molecular formula is C18H29Cl2N3O3S. The Bertz CT molecular complexity index is 691. The zero-order valence-corrected chi connectivity index (χ0v) is 17.8. The van der Waals surface area contributed by atoms with Crippen molar-refractivity contribution in [3.63, 3.8) is 0 Å². The first-order valence-electron chi connectivity index (χ1n) is 9.31. The molecule has 2 aliphatic heterocycles. The molecule has 0 radical (unpaired) electrons. The third-order valence-electron chi connectivity index (χ3n) is 5.37. The molecule has 0 unspecified atom stereocenters. The average Bonchev–Trinajstić information content (AvgIpc) is 2.67. The number of halogens is 2. The second kappa shape index (κ2) is 10.4. The van der Waals surface area contributed by atoms with Crippen LogP contribution < -0.4 is 5.73 Å². The van der Waals surface area contributed by atoms with Gasteiger partial charge in [0.1, 0.15) is 0 Å². The molecule has 0 spiro atoms. The first-order chi connectivity index (χ1) is 12.5. The standard InChI is InChI=1S/C18H28ClN3O3S.ClH/c19-15-2-1-3-18(14-15)26(23,24)21-9-4-16(5-10-21)22(11-8-20)17-6-12-25-13-7-17;/h1-3,14,16-17H,4-13,20H2;1H. The molecule has 2 fully saturated rings. The second-order valence-electron chi connectivity index (χ2n) is 6.96. The topological polar surface area (TPSA) is 75.9 Å². The van der Waals surface area contributed by atoms with Gasteiger partial charge in [-0.1, -0.05) is 17.7 Å². The van der Waals surface area contributed by atoms with E-state index in [2.05, 4.69) is 4.90 Å². The maximum absolute atomic E-state index is 12.9. The summed E-state index contributed by atoms with van der Waals surface area (Å²) in [6.45, 7) is 4.14. The van der Waals surface area contributed by atoms with E-state index in [1.54, 1.807) is 22.5 Å². The molecule has 1 aromatic carbocycles. The van der Waals surface area contributed by atoms with Gasteiger partial charge in [-0.3, -0.25) is 4.90 Å². The minimum Gasteiger partial charge on any atom is -0.381 e. The average molecular weight is 438 g/mol. The highest BCUT2D eigenvalue weighted by atomic mass is 35.5. The third kappa shape index (κ3) is 5.56. The Labute approximate surface area is 173 Å². The van der Waals surface area contributed by atoms with Gasteiger partial charge < -0.3 is 10.5 Å². The Morgan fingerprint density at radius 2 is 1.78 bits per heavy atom. The molecule has 154 valence electrons. The molecule has 2 N–H and O–H groups in total. The molecule has 0 bridgehead atoms. The van der Waals surface area contributed by atoms with Crippen LogP contribution in [0.15, 0.2) is 29.2 Å². The number of piperidine rings is 1. The monoisotopic (exact) mass is 437 g/mol. The van der Waals surface area contributed by atoms with Gasteiger partial charge >= 0.3 is 0 Å². The fourth-order valence-corrected chi connectivity index (χ4v) is 5.79. The Hall–Kier alpha value is -0.410. The summed E-state index contributed by atoms with van der Waals surface area (Å²) in [5.41, 5.74) is 5.84. The number of ether oxygens (including phenoxy) is 1. The summed E-state index contributed by atoms with van der Waals surface area (Å²) < 4.78 is 32.8. The maximum atomic E-state index is 12.9. The van der Waals surface area contributed by atoms with Gasteiger partial charge in [0.15, 0.2) is 0 Å². The van der Waals surface area contributed by atoms with Crippen LogP contribution in [-0.4, -0.2) is 69.1 Å². The summed E-state index contributed by atoms with van der Waals surface area (Å²) in [5.74, 6) is 0. The fraction of sp³-hybridized carbons (Fsp3) is 0.667. The Balaban J connectivity index is 0.00000261. The van der Waals surface area contributed by atoms with Crippen molar-refractivity contribution < 1.29 is 13.2 Å². The van der Waals surface area contributed by atoms with Crippen molar-refractivity contribution >= 4 is 34.0 Å². The van der Waals surface area contributed by atoms with E-state index >= 15 is 0 Å². The molecule has 27 heavy (non-hydrogen) atoms. The molecule has 0 aliphatic carbocycles. The number of nitrogens with two attached hydrogens (primary N) is 1. The van der Waals surface area contributed by atoms with Gasteiger partial charge in [-0.05, 0) is 43.9 Å². The fourth-order valence-electron chi connectivity index (χ4n) is 4.02. The number of nitrogens with zero attached hydrogens (tertiary/aromatic N) is 2. The van der Waals surface area contributed by atoms with Crippen molar-refractivity contribution in [1.82, 2.24) is 9.21 Å². The molecule has 2 aliphatic rings. The van der Waals surface area contributed by atoms with Gasteiger partial charge in [0.05, 0.1) is 4.90 Å². The summed E-state index contributed by atoms with van der Waals surface area (Å²) in [4.78, 5) is 2.76. The van der Waals surface area contributed by atoms with E-state index < -0.39 is 10.0 Å². The number of rotatable bonds is 6. The van der Waals surface area contributed by atoms with Gasteiger partial charge in [-0.2, -0.15) is 4.31 Å². The van der Waals surface area contributed by atoms with Gasteiger partial charge in [0.2, 0.25) is 10.0 Å². The molecule has 3 rings (SSSR count). The number of benzene rings is 1. The quantitative estimate of drug-likeness (QED) is 0.738. The minimum absolute atomic E-state index is 0. The molecule has 0 amide bonds. The van der Waals surface area contributed by atoms with Crippen LogP contribution in [0.2, 0.25) is 5.02 Å². The lowest BCUT2D eigenvalue weighted by Crippen LogP contribution is -2.52. The largest absolute Gasteiger partial charge is 0.381 e. The first kappa shape index (κ1) is 22.9. The molecule has 9 heteroatoms. The number of hydrogen-bond acceptors (Lipinski definition) is 5. The van der Waals surface area contributed by atoms with E-state index in [-0.39, 0.29) is 17.3 Å². The SMILES string of the molecule is Cl.NCCN(C1CCOCC1)C1CCN(S(=O)(=O)c2cccc(Cl)c2)CC1. The van der Waals surface area contributed by atoms with Gasteiger partial charge in [0.25, 0.3) is 0 Å². The highest BCUT2D eigenvalue weighted by Crippen LogP contribution is 2.27. The minimum atomic E-state index is -3.49. The van der Waals surface area contributed by atoms with E-state index in [1.165, 1.54) is 6.07 Å². The molecular weight excluding hydrogens is 409 g/mol. The number of hydrogen-bond donors (Lipinski definition) is 1. The van der Waals surface area contributed by atoms with Crippen molar-refractivity contribution in [2.24, 2.45) is 5.73 Å².